The number of halogens is 4. The molecule has 0 saturated heterocycles. The van der Waals surface area contributed by atoms with Crippen LogP contribution in [0.2, 0.25) is 0 Å². The lowest BCUT2D eigenvalue weighted by molar-refractivity contribution is -0.138. The van der Waals surface area contributed by atoms with Crippen molar-refractivity contribution in [2.45, 2.75) is 12.7 Å². The Balaban J connectivity index is 2.78. The third kappa shape index (κ3) is 3.51. The zero-order valence-corrected chi connectivity index (χ0v) is 7.94. The van der Waals surface area contributed by atoms with E-state index in [1.165, 1.54) is 18.2 Å². The molecular weight excluding hydrogens is 210 g/mol. The van der Waals surface area contributed by atoms with Crippen LogP contribution in [-0.4, -0.2) is 13.2 Å². The van der Waals surface area contributed by atoms with Gasteiger partial charge >= 0.3 is 6.18 Å². The average molecular weight is 221 g/mol. The Kier molecular flexibility index (Phi) is 4.08. The Morgan fingerprint density at radius 1 is 1.13 bits per heavy atom. The Morgan fingerprint density at radius 2 is 1.80 bits per heavy atom. The third-order valence-electron chi connectivity index (χ3n) is 1.91. The fourth-order valence-electron chi connectivity index (χ4n) is 1.24. The summed E-state index contributed by atoms with van der Waals surface area (Å²) in [5, 5.41) is 2.59. The van der Waals surface area contributed by atoms with Crippen LogP contribution >= 0.6 is 0 Å². The van der Waals surface area contributed by atoms with Gasteiger partial charge in [0.2, 0.25) is 0 Å². The molecule has 1 rings (SSSR count). The van der Waals surface area contributed by atoms with E-state index in [1.54, 1.807) is 0 Å². The summed E-state index contributed by atoms with van der Waals surface area (Å²) in [6, 6.07) is 5.27. The predicted molar refractivity (Wildman–Crippen MR) is 49.1 cm³/mol. The smallest absolute Gasteiger partial charge is 0.310 e. The first kappa shape index (κ1) is 12.0. The van der Waals surface area contributed by atoms with Crippen molar-refractivity contribution in [3.63, 3.8) is 0 Å². The second-order valence-electron chi connectivity index (χ2n) is 3.02. The predicted octanol–water partition coefficient (Wildman–Crippen LogP) is 2.76. The van der Waals surface area contributed by atoms with Crippen molar-refractivity contribution in [1.29, 1.82) is 0 Å². The van der Waals surface area contributed by atoms with Gasteiger partial charge in [0.15, 0.2) is 0 Å². The molecule has 0 spiro atoms. The van der Waals surface area contributed by atoms with Crippen LogP contribution in [0.1, 0.15) is 11.1 Å². The maximum Gasteiger partial charge on any atom is 0.416 e. The fourth-order valence-corrected chi connectivity index (χ4v) is 1.24. The van der Waals surface area contributed by atoms with Crippen LogP contribution < -0.4 is 5.32 Å². The SMILES string of the molecule is FCCNCc1ccccc1C(F)(F)F. The molecule has 15 heavy (non-hydrogen) atoms. The van der Waals surface area contributed by atoms with E-state index in [2.05, 4.69) is 5.32 Å². The number of hydrogen-bond donors (Lipinski definition) is 1. The summed E-state index contributed by atoms with van der Waals surface area (Å²) < 4.78 is 49.1. The van der Waals surface area contributed by atoms with Crippen molar-refractivity contribution in [2.24, 2.45) is 0 Å². The molecular formula is C10H11F4N. The monoisotopic (exact) mass is 221 g/mol. The Bertz CT molecular complexity index is 309. The van der Waals surface area contributed by atoms with Crippen molar-refractivity contribution < 1.29 is 17.6 Å². The van der Waals surface area contributed by atoms with Crippen molar-refractivity contribution in [1.82, 2.24) is 5.32 Å². The molecule has 0 atom stereocenters. The van der Waals surface area contributed by atoms with Gasteiger partial charge in [-0.15, -0.1) is 0 Å². The molecule has 0 aliphatic carbocycles. The number of alkyl halides is 4. The topological polar surface area (TPSA) is 12.0 Å². The molecule has 5 heteroatoms. The molecule has 1 aromatic carbocycles. The molecule has 0 aromatic heterocycles. The van der Waals surface area contributed by atoms with Gasteiger partial charge in [-0.3, -0.25) is 0 Å². The Morgan fingerprint density at radius 3 is 2.40 bits per heavy atom. The van der Waals surface area contributed by atoms with Crippen LogP contribution in [0.4, 0.5) is 17.6 Å². The van der Waals surface area contributed by atoms with Crippen LogP contribution in [0, 0.1) is 0 Å². The fraction of sp³-hybridized carbons (Fsp3) is 0.400. The van der Waals surface area contributed by atoms with E-state index in [-0.39, 0.29) is 18.7 Å². The molecule has 0 heterocycles. The summed E-state index contributed by atoms with van der Waals surface area (Å²) in [4.78, 5) is 0. The van der Waals surface area contributed by atoms with E-state index in [0.29, 0.717) is 0 Å². The van der Waals surface area contributed by atoms with E-state index < -0.39 is 18.4 Å². The molecule has 1 N–H and O–H groups in total. The van der Waals surface area contributed by atoms with Gasteiger partial charge in [0.1, 0.15) is 6.67 Å². The highest BCUT2D eigenvalue weighted by Crippen LogP contribution is 2.31. The largest absolute Gasteiger partial charge is 0.416 e. The minimum atomic E-state index is -4.35. The first-order chi connectivity index (χ1) is 7.05. The second-order valence-corrected chi connectivity index (χ2v) is 3.02. The molecule has 1 nitrogen and oxygen atoms in total. The zero-order chi connectivity index (χ0) is 11.3. The van der Waals surface area contributed by atoms with Crippen molar-refractivity contribution >= 4 is 0 Å². The van der Waals surface area contributed by atoms with Gasteiger partial charge in [-0.25, -0.2) is 4.39 Å². The molecule has 84 valence electrons. The number of nitrogens with one attached hydrogen (secondary N) is 1. The number of benzene rings is 1. The van der Waals surface area contributed by atoms with E-state index in [4.69, 9.17) is 0 Å². The van der Waals surface area contributed by atoms with E-state index in [1.807, 2.05) is 0 Å². The Hall–Kier alpha value is -1.10. The lowest BCUT2D eigenvalue weighted by Gasteiger charge is -2.12. The van der Waals surface area contributed by atoms with Gasteiger partial charge in [-0.1, -0.05) is 18.2 Å². The first-order valence-electron chi connectivity index (χ1n) is 4.47. The summed E-state index contributed by atoms with van der Waals surface area (Å²) in [5.74, 6) is 0. The normalized spacial score (nSPS) is 11.7. The molecule has 0 fully saturated rings. The van der Waals surface area contributed by atoms with Crippen molar-refractivity contribution in [3.05, 3.63) is 35.4 Å². The van der Waals surface area contributed by atoms with E-state index >= 15 is 0 Å². The quantitative estimate of drug-likeness (QED) is 0.609. The maximum absolute atomic E-state index is 12.5. The molecule has 0 aliphatic rings. The van der Waals surface area contributed by atoms with Gasteiger partial charge in [0.25, 0.3) is 0 Å². The highest BCUT2D eigenvalue weighted by molar-refractivity contribution is 5.29. The lowest BCUT2D eigenvalue weighted by atomic mass is 10.1. The third-order valence-corrected chi connectivity index (χ3v) is 1.91. The summed E-state index contributed by atoms with van der Waals surface area (Å²) >= 11 is 0. The number of rotatable bonds is 4. The Labute approximate surface area is 85.1 Å². The van der Waals surface area contributed by atoms with Crippen molar-refractivity contribution in [3.8, 4) is 0 Å². The maximum atomic E-state index is 12.5. The van der Waals surface area contributed by atoms with Crippen LogP contribution in [0.25, 0.3) is 0 Å². The van der Waals surface area contributed by atoms with Gasteiger partial charge in [-0.2, -0.15) is 13.2 Å². The van der Waals surface area contributed by atoms with Gasteiger partial charge in [-0.05, 0) is 11.6 Å². The van der Waals surface area contributed by atoms with E-state index in [0.717, 1.165) is 6.07 Å². The average Bonchev–Trinajstić information content (AvgIpc) is 2.17. The van der Waals surface area contributed by atoms with Gasteiger partial charge in [0.05, 0.1) is 5.56 Å². The molecule has 1 aromatic rings. The lowest BCUT2D eigenvalue weighted by Crippen LogP contribution is -2.19. The summed E-state index contributed by atoms with van der Waals surface area (Å²) in [7, 11) is 0. The standard InChI is InChI=1S/C10H11F4N/c11-5-6-15-7-8-3-1-2-4-9(8)10(12,13)14/h1-4,15H,5-7H2. The zero-order valence-electron chi connectivity index (χ0n) is 7.94. The molecule has 0 saturated carbocycles. The van der Waals surface area contributed by atoms with Gasteiger partial charge < -0.3 is 5.32 Å². The van der Waals surface area contributed by atoms with Crippen molar-refractivity contribution in [2.75, 3.05) is 13.2 Å². The van der Waals surface area contributed by atoms with Crippen LogP contribution in [0.5, 0.6) is 0 Å². The van der Waals surface area contributed by atoms with Crippen LogP contribution in [0.3, 0.4) is 0 Å². The van der Waals surface area contributed by atoms with E-state index in [9.17, 15) is 17.6 Å². The molecule has 0 amide bonds. The molecule has 0 unspecified atom stereocenters. The minimum absolute atomic E-state index is 0.0274. The molecule has 0 aliphatic heterocycles. The van der Waals surface area contributed by atoms with Gasteiger partial charge in [0, 0.05) is 13.1 Å². The first-order valence-corrected chi connectivity index (χ1v) is 4.47. The second kappa shape index (κ2) is 5.11. The summed E-state index contributed by atoms with van der Waals surface area (Å²) in [6.45, 7) is -0.500. The molecule has 0 bridgehead atoms. The molecule has 0 radical (unpaired) electrons. The van der Waals surface area contributed by atoms with Crippen LogP contribution in [0.15, 0.2) is 24.3 Å². The van der Waals surface area contributed by atoms with Crippen LogP contribution in [-0.2, 0) is 12.7 Å². The summed E-state index contributed by atoms with van der Waals surface area (Å²) in [5.41, 5.74) is -0.533. The number of hydrogen-bond acceptors (Lipinski definition) is 1. The minimum Gasteiger partial charge on any atom is -0.310 e. The highest BCUT2D eigenvalue weighted by Gasteiger charge is 2.32. The highest BCUT2D eigenvalue weighted by atomic mass is 19.4. The summed E-state index contributed by atoms with van der Waals surface area (Å²) in [6.07, 6.45) is -4.35.